The molecule has 0 heterocycles. The summed E-state index contributed by atoms with van der Waals surface area (Å²) in [6.07, 6.45) is 0. The van der Waals surface area contributed by atoms with Crippen LogP contribution in [0, 0.1) is 0 Å². The molecule has 4 heteroatoms. The minimum Gasteiger partial charge on any atom is -0.478 e. The Morgan fingerprint density at radius 2 is 1.89 bits per heavy atom. The second-order valence-electron chi connectivity index (χ2n) is 4.39. The van der Waals surface area contributed by atoms with E-state index in [2.05, 4.69) is 5.32 Å². The van der Waals surface area contributed by atoms with Crippen LogP contribution in [0.4, 0.5) is 11.4 Å². The van der Waals surface area contributed by atoms with Crippen molar-refractivity contribution in [1.29, 1.82) is 0 Å². The van der Waals surface area contributed by atoms with E-state index in [-0.39, 0.29) is 11.6 Å². The van der Waals surface area contributed by atoms with E-state index in [1.165, 1.54) is 6.07 Å². The molecule has 0 aromatic heterocycles. The van der Waals surface area contributed by atoms with Crippen LogP contribution in [0.5, 0.6) is 0 Å². The van der Waals surface area contributed by atoms with Gasteiger partial charge >= 0.3 is 5.97 Å². The fraction of sp³-hybridized carbons (Fsp3) is 0.133. The van der Waals surface area contributed by atoms with Crippen molar-refractivity contribution < 1.29 is 9.90 Å². The number of nitrogens with two attached hydrogens (primary N) is 1. The number of hydrogen-bond acceptors (Lipinski definition) is 3. The highest BCUT2D eigenvalue weighted by Crippen LogP contribution is 2.24. The summed E-state index contributed by atoms with van der Waals surface area (Å²) in [5, 5.41) is 12.3. The zero-order valence-corrected chi connectivity index (χ0v) is 10.6. The Morgan fingerprint density at radius 1 is 1.21 bits per heavy atom. The third-order valence-electron chi connectivity index (χ3n) is 2.95. The standard InChI is InChI=1S/C15H16N2O2/c1-10(11-5-3-2-4-6-11)17-14-9-12(16)7-8-13(14)15(18)19/h2-10,17H,16H2,1H3,(H,18,19). The van der Waals surface area contributed by atoms with Gasteiger partial charge in [-0.1, -0.05) is 30.3 Å². The number of carbonyl (C=O) groups is 1. The van der Waals surface area contributed by atoms with Crippen LogP contribution in [0.2, 0.25) is 0 Å². The van der Waals surface area contributed by atoms with Gasteiger partial charge in [0.05, 0.1) is 11.3 Å². The molecule has 2 rings (SSSR count). The lowest BCUT2D eigenvalue weighted by Crippen LogP contribution is -2.11. The molecule has 4 N–H and O–H groups in total. The second-order valence-corrected chi connectivity index (χ2v) is 4.39. The lowest BCUT2D eigenvalue weighted by atomic mass is 10.1. The van der Waals surface area contributed by atoms with Crippen LogP contribution in [0.15, 0.2) is 48.5 Å². The van der Waals surface area contributed by atoms with E-state index in [4.69, 9.17) is 10.8 Å². The van der Waals surface area contributed by atoms with Gasteiger partial charge in [-0.25, -0.2) is 4.79 Å². The second kappa shape index (κ2) is 5.44. The topological polar surface area (TPSA) is 75.3 Å². The third-order valence-corrected chi connectivity index (χ3v) is 2.95. The van der Waals surface area contributed by atoms with E-state index in [1.807, 2.05) is 37.3 Å². The summed E-state index contributed by atoms with van der Waals surface area (Å²) in [5.41, 5.74) is 8.08. The van der Waals surface area contributed by atoms with Crippen LogP contribution in [-0.2, 0) is 0 Å². The number of nitrogens with one attached hydrogen (secondary N) is 1. The number of anilines is 2. The van der Waals surface area contributed by atoms with Gasteiger partial charge in [0.1, 0.15) is 0 Å². The van der Waals surface area contributed by atoms with E-state index in [0.717, 1.165) is 5.56 Å². The fourth-order valence-electron chi connectivity index (χ4n) is 1.93. The molecule has 1 atom stereocenters. The molecule has 0 fully saturated rings. The molecule has 0 aliphatic carbocycles. The Balaban J connectivity index is 2.28. The van der Waals surface area contributed by atoms with Crippen LogP contribution >= 0.6 is 0 Å². The highest BCUT2D eigenvalue weighted by atomic mass is 16.4. The van der Waals surface area contributed by atoms with Crippen LogP contribution < -0.4 is 11.1 Å². The number of carboxylic acids is 1. The van der Waals surface area contributed by atoms with E-state index in [1.54, 1.807) is 12.1 Å². The van der Waals surface area contributed by atoms with Crippen LogP contribution in [-0.4, -0.2) is 11.1 Å². The normalized spacial score (nSPS) is 11.8. The zero-order chi connectivity index (χ0) is 13.8. The van der Waals surface area contributed by atoms with Crippen molar-refractivity contribution in [3.8, 4) is 0 Å². The van der Waals surface area contributed by atoms with Crippen molar-refractivity contribution in [2.75, 3.05) is 11.1 Å². The number of benzene rings is 2. The molecule has 1 unspecified atom stereocenters. The molecule has 2 aromatic carbocycles. The Kier molecular flexibility index (Phi) is 3.71. The first kappa shape index (κ1) is 13.0. The molecule has 2 aromatic rings. The van der Waals surface area contributed by atoms with Crippen molar-refractivity contribution in [1.82, 2.24) is 0 Å². The van der Waals surface area contributed by atoms with Crippen LogP contribution in [0.1, 0.15) is 28.9 Å². The minimum atomic E-state index is -0.970. The predicted octanol–water partition coefficient (Wildman–Crippen LogP) is 3.14. The molecule has 4 nitrogen and oxygen atoms in total. The quantitative estimate of drug-likeness (QED) is 0.734. The van der Waals surface area contributed by atoms with Gasteiger partial charge < -0.3 is 16.2 Å². The Labute approximate surface area is 111 Å². The molecule has 0 radical (unpaired) electrons. The lowest BCUT2D eigenvalue weighted by Gasteiger charge is -2.17. The first-order chi connectivity index (χ1) is 9.08. The van der Waals surface area contributed by atoms with Crippen molar-refractivity contribution in [3.05, 3.63) is 59.7 Å². The Hall–Kier alpha value is -2.49. The van der Waals surface area contributed by atoms with E-state index < -0.39 is 5.97 Å². The smallest absolute Gasteiger partial charge is 0.337 e. The van der Waals surface area contributed by atoms with Crippen LogP contribution in [0.3, 0.4) is 0 Å². The number of carboxylic acid groups (broad SMARTS) is 1. The van der Waals surface area contributed by atoms with Crippen molar-refractivity contribution >= 4 is 17.3 Å². The maximum Gasteiger partial charge on any atom is 0.337 e. The number of hydrogen-bond donors (Lipinski definition) is 3. The first-order valence-corrected chi connectivity index (χ1v) is 6.02. The molecule has 0 aliphatic rings. The monoisotopic (exact) mass is 256 g/mol. The van der Waals surface area contributed by atoms with Crippen molar-refractivity contribution in [3.63, 3.8) is 0 Å². The molecule has 98 valence electrons. The van der Waals surface area contributed by atoms with Gasteiger partial charge in [-0.2, -0.15) is 0 Å². The maximum atomic E-state index is 11.2. The van der Waals surface area contributed by atoms with Gasteiger partial charge in [0.2, 0.25) is 0 Å². The zero-order valence-electron chi connectivity index (χ0n) is 10.6. The molecule has 0 saturated carbocycles. The molecule has 0 spiro atoms. The number of rotatable bonds is 4. The fourth-order valence-corrected chi connectivity index (χ4v) is 1.93. The van der Waals surface area contributed by atoms with Crippen molar-refractivity contribution in [2.24, 2.45) is 0 Å². The summed E-state index contributed by atoms with van der Waals surface area (Å²) in [6, 6.07) is 14.6. The average molecular weight is 256 g/mol. The average Bonchev–Trinajstić information content (AvgIpc) is 2.39. The lowest BCUT2D eigenvalue weighted by molar-refractivity contribution is 0.0698. The molecular formula is C15H16N2O2. The van der Waals surface area contributed by atoms with Gasteiger partial charge in [0.25, 0.3) is 0 Å². The molecule has 0 amide bonds. The maximum absolute atomic E-state index is 11.2. The molecule has 0 saturated heterocycles. The van der Waals surface area contributed by atoms with Gasteiger partial charge in [0, 0.05) is 11.7 Å². The number of nitrogen functional groups attached to an aromatic ring is 1. The van der Waals surface area contributed by atoms with Crippen molar-refractivity contribution in [2.45, 2.75) is 13.0 Å². The summed E-state index contributed by atoms with van der Waals surface area (Å²) in [4.78, 5) is 11.2. The third kappa shape index (κ3) is 3.04. The SMILES string of the molecule is CC(Nc1cc(N)ccc1C(=O)O)c1ccccc1. The highest BCUT2D eigenvalue weighted by Gasteiger charge is 2.13. The van der Waals surface area contributed by atoms with Gasteiger partial charge in [0.15, 0.2) is 0 Å². The summed E-state index contributed by atoms with van der Waals surface area (Å²) >= 11 is 0. The van der Waals surface area contributed by atoms with Gasteiger partial charge in [-0.3, -0.25) is 0 Å². The minimum absolute atomic E-state index is 0.00102. The summed E-state index contributed by atoms with van der Waals surface area (Å²) in [6.45, 7) is 1.98. The first-order valence-electron chi connectivity index (χ1n) is 6.02. The molecular weight excluding hydrogens is 240 g/mol. The van der Waals surface area contributed by atoms with E-state index in [9.17, 15) is 4.79 Å². The number of aromatic carboxylic acids is 1. The van der Waals surface area contributed by atoms with Crippen LogP contribution in [0.25, 0.3) is 0 Å². The molecule has 0 bridgehead atoms. The van der Waals surface area contributed by atoms with Gasteiger partial charge in [-0.15, -0.1) is 0 Å². The van der Waals surface area contributed by atoms with E-state index in [0.29, 0.717) is 11.4 Å². The Morgan fingerprint density at radius 3 is 2.53 bits per heavy atom. The van der Waals surface area contributed by atoms with E-state index >= 15 is 0 Å². The largest absolute Gasteiger partial charge is 0.478 e. The summed E-state index contributed by atoms with van der Waals surface area (Å²) < 4.78 is 0. The molecule has 0 aliphatic heterocycles. The summed E-state index contributed by atoms with van der Waals surface area (Å²) in [7, 11) is 0. The Bertz CT molecular complexity index is 582. The predicted molar refractivity (Wildman–Crippen MR) is 76.3 cm³/mol. The molecule has 19 heavy (non-hydrogen) atoms. The highest BCUT2D eigenvalue weighted by molar-refractivity contribution is 5.95. The summed E-state index contributed by atoms with van der Waals surface area (Å²) in [5.74, 6) is -0.970. The van der Waals surface area contributed by atoms with Gasteiger partial charge in [-0.05, 0) is 30.7 Å².